The molecule has 6 nitrogen and oxygen atoms in total. The highest BCUT2D eigenvalue weighted by Crippen LogP contribution is 2.22. The fraction of sp³-hybridized carbons (Fsp3) is 0.250. The quantitative estimate of drug-likeness (QED) is 0.793. The lowest BCUT2D eigenvalue weighted by Crippen LogP contribution is -2.21. The molecule has 0 bridgehead atoms. The Morgan fingerprint density at radius 2 is 1.95 bits per heavy atom. The van der Waals surface area contributed by atoms with E-state index in [0.717, 1.165) is 28.3 Å². The molecule has 3 aromatic rings. The third-order valence-corrected chi connectivity index (χ3v) is 3.63. The molecule has 22 heavy (non-hydrogen) atoms. The van der Waals surface area contributed by atoms with Crippen molar-refractivity contribution in [3.8, 4) is 17.0 Å². The molecule has 0 atom stereocenters. The molecule has 0 aliphatic rings. The Morgan fingerprint density at radius 3 is 2.59 bits per heavy atom. The van der Waals surface area contributed by atoms with Crippen molar-refractivity contribution in [1.29, 1.82) is 0 Å². The maximum Gasteiger partial charge on any atom is 0.274 e. The molecule has 0 radical (unpaired) electrons. The smallest absolute Gasteiger partial charge is 0.274 e. The van der Waals surface area contributed by atoms with Crippen molar-refractivity contribution < 1.29 is 4.74 Å². The van der Waals surface area contributed by atoms with E-state index in [2.05, 4.69) is 5.10 Å². The van der Waals surface area contributed by atoms with Gasteiger partial charge in [0, 0.05) is 37.0 Å². The van der Waals surface area contributed by atoms with Gasteiger partial charge in [0.1, 0.15) is 11.4 Å². The average molecular weight is 298 g/mol. The van der Waals surface area contributed by atoms with E-state index >= 15 is 0 Å². The summed E-state index contributed by atoms with van der Waals surface area (Å²) < 4.78 is 8.71. The van der Waals surface area contributed by atoms with Crippen LogP contribution in [0.3, 0.4) is 0 Å². The van der Waals surface area contributed by atoms with Gasteiger partial charge in [-0.2, -0.15) is 9.61 Å². The van der Waals surface area contributed by atoms with Gasteiger partial charge in [0.05, 0.1) is 12.3 Å². The van der Waals surface area contributed by atoms with Crippen molar-refractivity contribution in [1.82, 2.24) is 14.2 Å². The molecule has 0 amide bonds. The van der Waals surface area contributed by atoms with Crippen LogP contribution in [-0.2, 0) is 13.6 Å². The highest BCUT2D eigenvalue weighted by molar-refractivity contribution is 5.65. The molecular formula is C16H18N4O2. The molecule has 1 aromatic carbocycles. The maximum atomic E-state index is 12.1. The Hall–Kier alpha value is -2.60. The minimum Gasteiger partial charge on any atom is -0.494 e. The first-order valence-corrected chi connectivity index (χ1v) is 7.16. The van der Waals surface area contributed by atoms with Crippen molar-refractivity contribution in [3.63, 3.8) is 0 Å². The van der Waals surface area contributed by atoms with Crippen LogP contribution in [0.15, 0.2) is 41.2 Å². The number of nitrogens with two attached hydrogens (primary N) is 1. The third kappa shape index (κ3) is 2.37. The summed E-state index contributed by atoms with van der Waals surface area (Å²) in [5.74, 6) is 0.815. The molecule has 114 valence electrons. The van der Waals surface area contributed by atoms with E-state index in [9.17, 15) is 4.79 Å². The van der Waals surface area contributed by atoms with Crippen LogP contribution < -0.4 is 16.0 Å². The molecule has 0 saturated heterocycles. The average Bonchev–Trinajstić information content (AvgIpc) is 2.98. The number of fused-ring (bicyclic) bond motifs is 1. The molecule has 0 saturated carbocycles. The zero-order valence-electron chi connectivity index (χ0n) is 12.6. The summed E-state index contributed by atoms with van der Waals surface area (Å²) in [4.78, 5) is 12.1. The maximum absolute atomic E-state index is 12.1. The molecule has 0 spiro atoms. The molecule has 3 rings (SSSR count). The van der Waals surface area contributed by atoms with Gasteiger partial charge in [-0.05, 0) is 31.2 Å². The van der Waals surface area contributed by atoms with E-state index in [1.54, 1.807) is 0 Å². The van der Waals surface area contributed by atoms with E-state index < -0.39 is 0 Å². The van der Waals surface area contributed by atoms with Crippen molar-refractivity contribution in [3.05, 3.63) is 52.4 Å². The first-order chi connectivity index (χ1) is 10.6. The number of benzene rings is 1. The van der Waals surface area contributed by atoms with Crippen LogP contribution in [0.1, 0.15) is 12.6 Å². The van der Waals surface area contributed by atoms with Gasteiger partial charge >= 0.3 is 0 Å². The topological polar surface area (TPSA) is 74.5 Å². The highest BCUT2D eigenvalue weighted by atomic mass is 16.5. The predicted molar refractivity (Wildman–Crippen MR) is 84.9 cm³/mol. The lowest BCUT2D eigenvalue weighted by molar-refractivity contribution is 0.340. The van der Waals surface area contributed by atoms with Crippen LogP contribution in [0, 0.1) is 0 Å². The van der Waals surface area contributed by atoms with Crippen LogP contribution >= 0.6 is 0 Å². The molecule has 0 fully saturated rings. The minimum absolute atomic E-state index is 0.175. The SMILES string of the molecule is CCOc1ccc(-c2cc3n(C)c(CN)cc(=O)n3n2)cc1. The number of aryl methyl sites for hydroxylation is 1. The summed E-state index contributed by atoms with van der Waals surface area (Å²) >= 11 is 0. The monoisotopic (exact) mass is 298 g/mol. The highest BCUT2D eigenvalue weighted by Gasteiger charge is 2.10. The summed E-state index contributed by atoms with van der Waals surface area (Å²) in [5.41, 5.74) is 8.66. The normalized spacial score (nSPS) is 11.0. The van der Waals surface area contributed by atoms with Gasteiger partial charge in [-0.25, -0.2) is 0 Å². The third-order valence-electron chi connectivity index (χ3n) is 3.63. The van der Waals surface area contributed by atoms with Gasteiger partial charge in [0.2, 0.25) is 0 Å². The van der Waals surface area contributed by atoms with Gasteiger partial charge < -0.3 is 15.0 Å². The molecular weight excluding hydrogens is 280 g/mol. The first-order valence-electron chi connectivity index (χ1n) is 7.16. The van der Waals surface area contributed by atoms with Crippen molar-refractivity contribution >= 4 is 5.65 Å². The first kappa shape index (κ1) is 14.3. The molecule has 2 N–H and O–H groups in total. The summed E-state index contributed by atoms with van der Waals surface area (Å²) in [6.07, 6.45) is 0. The van der Waals surface area contributed by atoms with Crippen LogP contribution in [-0.4, -0.2) is 20.8 Å². The molecule has 2 heterocycles. The summed E-state index contributed by atoms with van der Waals surface area (Å²) in [6.45, 7) is 2.89. The lowest BCUT2D eigenvalue weighted by Gasteiger charge is -2.07. The summed E-state index contributed by atoms with van der Waals surface area (Å²) in [6, 6.07) is 11.1. The number of rotatable bonds is 4. The lowest BCUT2D eigenvalue weighted by atomic mass is 10.1. The molecule has 6 heteroatoms. The van der Waals surface area contributed by atoms with Crippen LogP contribution in [0.4, 0.5) is 0 Å². The van der Waals surface area contributed by atoms with Crippen LogP contribution in [0.2, 0.25) is 0 Å². The van der Waals surface area contributed by atoms with Gasteiger partial charge in [0.15, 0.2) is 0 Å². The molecule has 2 aromatic heterocycles. The largest absolute Gasteiger partial charge is 0.494 e. The van der Waals surface area contributed by atoms with Crippen LogP contribution in [0.25, 0.3) is 16.9 Å². The number of aromatic nitrogens is 3. The Kier molecular flexibility index (Phi) is 3.68. The van der Waals surface area contributed by atoms with Gasteiger partial charge in [-0.15, -0.1) is 0 Å². The van der Waals surface area contributed by atoms with E-state index in [-0.39, 0.29) is 5.56 Å². The minimum atomic E-state index is -0.175. The molecule has 0 aliphatic carbocycles. The number of hydrogen-bond acceptors (Lipinski definition) is 4. The second kappa shape index (κ2) is 5.65. The Balaban J connectivity index is 2.10. The summed E-state index contributed by atoms with van der Waals surface area (Å²) in [7, 11) is 1.88. The second-order valence-electron chi connectivity index (χ2n) is 4.99. The Morgan fingerprint density at radius 1 is 1.23 bits per heavy atom. The molecule has 0 unspecified atom stereocenters. The standard InChI is InChI=1S/C16H18N4O2/c1-3-22-13-6-4-11(5-7-13)14-9-15-19(2)12(10-17)8-16(21)20(15)18-14/h4-9H,3,10,17H2,1-2H3. The van der Waals surface area contributed by atoms with E-state index in [0.29, 0.717) is 13.2 Å². The Labute approximate surface area is 127 Å². The number of ether oxygens (including phenoxy) is 1. The number of hydrogen-bond donors (Lipinski definition) is 1. The zero-order valence-corrected chi connectivity index (χ0v) is 12.6. The van der Waals surface area contributed by atoms with E-state index in [1.165, 1.54) is 10.6 Å². The van der Waals surface area contributed by atoms with Gasteiger partial charge in [-0.3, -0.25) is 4.79 Å². The summed E-state index contributed by atoms with van der Waals surface area (Å²) in [5, 5.41) is 4.40. The Bertz CT molecular complexity index is 862. The van der Waals surface area contributed by atoms with Crippen molar-refractivity contribution in [2.24, 2.45) is 12.8 Å². The zero-order chi connectivity index (χ0) is 15.7. The molecule has 0 aliphatic heterocycles. The van der Waals surface area contributed by atoms with Gasteiger partial charge in [-0.1, -0.05) is 0 Å². The van der Waals surface area contributed by atoms with E-state index in [1.807, 2.05) is 48.9 Å². The van der Waals surface area contributed by atoms with Gasteiger partial charge in [0.25, 0.3) is 5.56 Å². The fourth-order valence-electron chi connectivity index (χ4n) is 2.45. The fourth-order valence-corrected chi connectivity index (χ4v) is 2.45. The number of nitrogens with zero attached hydrogens (tertiary/aromatic N) is 3. The van der Waals surface area contributed by atoms with Crippen molar-refractivity contribution in [2.45, 2.75) is 13.5 Å². The second-order valence-corrected chi connectivity index (χ2v) is 4.99. The van der Waals surface area contributed by atoms with E-state index in [4.69, 9.17) is 10.5 Å². The predicted octanol–water partition coefficient (Wildman–Crippen LogP) is 1.56. The van der Waals surface area contributed by atoms with Crippen LogP contribution in [0.5, 0.6) is 5.75 Å². The van der Waals surface area contributed by atoms with Crippen molar-refractivity contribution in [2.75, 3.05) is 6.61 Å².